The largest absolute Gasteiger partial charge is 0.383 e. The Morgan fingerprint density at radius 1 is 1.50 bits per heavy atom. The highest BCUT2D eigenvalue weighted by molar-refractivity contribution is 7.63. The van der Waals surface area contributed by atoms with E-state index in [0.717, 1.165) is 0 Å². The Morgan fingerprint density at radius 3 is 2.65 bits per heavy atom. The first-order valence-corrected chi connectivity index (χ1v) is 8.78. The maximum absolute atomic E-state index is 13.0. The van der Waals surface area contributed by atoms with Gasteiger partial charge in [-0.05, 0) is 6.07 Å². The number of aromatic nitrogens is 2. The minimum atomic E-state index is -2.38. The Kier molecular flexibility index (Phi) is 6.36. The van der Waals surface area contributed by atoms with Gasteiger partial charge in [0, 0.05) is 18.5 Å². The lowest BCUT2D eigenvalue weighted by molar-refractivity contribution is 0.0505. The second kappa shape index (κ2) is 7.55. The van der Waals surface area contributed by atoms with E-state index in [2.05, 4.69) is 4.98 Å². The van der Waals surface area contributed by atoms with Gasteiger partial charge in [0.2, 0.25) is 0 Å². The lowest BCUT2D eigenvalue weighted by Gasteiger charge is -2.20. The Labute approximate surface area is 117 Å². The number of hydrogen-bond acceptors (Lipinski definition) is 5. The summed E-state index contributed by atoms with van der Waals surface area (Å²) in [7, 11) is -2.38. The Morgan fingerprint density at radius 2 is 2.15 bits per heavy atom. The molecule has 0 saturated heterocycles. The quantitative estimate of drug-likeness (QED) is 0.736. The summed E-state index contributed by atoms with van der Waals surface area (Å²) in [5.41, 5.74) is 4.82. The lowest BCUT2D eigenvalue weighted by Crippen LogP contribution is -2.31. The predicted octanol–water partition coefficient (Wildman–Crippen LogP) is 1.54. The van der Waals surface area contributed by atoms with E-state index in [1.165, 1.54) is 16.8 Å². The Hall–Kier alpha value is -1.20. The van der Waals surface area contributed by atoms with Gasteiger partial charge < -0.3 is 15.0 Å². The van der Waals surface area contributed by atoms with Crippen molar-refractivity contribution in [3.8, 4) is 0 Å². The second-order valence-electron chi connectivity index (χ2n) is 4.55. The normalized spacial score (nSPS) is 13.3. The van der Waals surface area contributed by atoms with Crippen LogP contribution < -0.4 is 11.4 Å². The van der Waals surface area contributed by atoms with Crippen LogP contribution in [0.25, 0.3) is 0 Å². The Balaban J connectivity index is 2.68. The minimum absolute atomic E-state index is 0.0239. The molecule has 0 fully saturated rings. The molecule has 1 rings (SSSR count). The number of rotatable bonds is 8. The molecule has 0 aliphatic carbocycles. The molecule has 1 aromatic rings. The molecule has 0 radical (unpaired) electrons. The van der Waals surface area contributed by atoms with Gasteiger partial charge in [0.25, 0.3) is 0 Å². The van der Waals surface area contributed by atoms with E-state index in [4.69, 9.17) is 10.5 Å². The molecule has 114 valence electrons. The van der Waals surface area contributed by atoms with E-state index >= 15 is 0 Å². The smallest absolute Gasteiger partial charge is 0.349 e. The van der Waals surface area contributed by atoms with Gasteiger partial charge in [-0.15, -0.1) is 0 Å². The molecule has 1 atom stereocenters. The maximum Gasteiger partial charge on any atom is 0.349 e. The third kappa shape index (κ3) is 4.72. The summed E-state index contributed by atoms with van der Waals surface area (Å²) in [6.45, 7) is 2.92. The van der Waals surface area contributed by atoms with Crippen LogP contribution in [0.15, 0.2) is 17.1 Å². The number of nitrogens with zero attached hydrogens (tertiary/aromatic N) is 2. The van der Waals surface area contributed by atoms with Crippen molar-refractivity contribution in [3.63, 3.8) is 0 Å². The second-order valence-corrected chi connectivity index (χ2v) is 8.19. The minimum Gasteiger partial charge on any atom is -0.383 e. The van der Waals surface area contributed by atoms with Crippen molar-refractivity contribution in [2.75, 3.05) is 31.1 Å². The van der Waals surface area contributed by atoms with Crippen molar-refractivity contribution in [2.24, 2.45) is 0 Å². The SMILES string of the molecule is CCP(=O)(CC)CO[C@H](CF)Cn1ccc(N)nc1=O. The fourth-order valence-corrected chi connectivity index (χ4v) is 2.89. The molecule has 1 heterocycles. The average Bonchev–Trinajstić information content (AvgIpc) is 2.45. The first kappa shape index (κ1) is 16.9. The van der Waals surface area contributed by atoms with Gasteiger partial charge in [-0.3, -0.25) is 4.57 Å². The summed E-state index contributed by atoms with van der Waals surface area (Å²) in [5.74, 6) is 0.116. The molecule has 8 heteroatoms. The molecule has 0 bridgehead atoms. The van der Waals surface area contributed by atoms with E-state index in [1.807, 2.05) is 13.8 Å². The van der Waals surface area contributed by atoms with Gasteiger partial charge in [0.05, 0.1) is 6.54 Å². The number of ether oxygens (including phenoxy) is 1. The van der Waals surface area contributed by atoms with E-state index < -0.39 is 25.6 Å². The number of hydrogen-bond donors (Lipinski definition) is 1. The zero-order valence-corrected chi connectivity index (χ0v) is 12.7. The van der Waals surface area contributed by atoms with Crippen molar-refractivity contribution >= 4 is 13.0 Å². The molecule has 0 unspecified atom stereocenters. The highest BCUT2D eigenvalue weighted by Crippen LogP contribution is 2.44. The zero-order chi connectivity index (χ0) is 15.2. The van der Waals surface area contributed by atoms with Crippen molar-refractivity contribution < 1.29 is 13.7 Å². The molecule has 0 saturated carbocycles. The van der Waals surface area contributed by atoms with Crippen LogP contribution in [-0.4, -0.2) is 41.0 Å². The van der Waals surface area contributed by atoms with Crippen molar-refractivity contribution in [1.29, 1.82) is 0 Å². The topological polar surface area (TPSA) is 87.2 Å². The number of nitrogen functional groups attached to an aromatic ring is 1. The maximum atomic E-state index is 13.0. The highest BCUT2D eigenvalue weighted by atomic mass is 31.2. The molecule has 20 heavy (non-hydrogen) atoms. The van der Waals surface area contributed by atoms with E-state index in [0.29, 0.717) is 12.3 Å². The van der Waals surface area contributed by atoms with Crippen molar-refractivity contribution in [1.82, 2.24) is 9.55 Å². The van der Waals surface area contributed by atoms with Crippen LogP contribution in [-0.2, 0) is 15.8 Å². The van der Waals surface area contributed by atoms with Crippen molar-refractivity contribution in [2.45, 2.75) is 26.5 Å². The van der Waals surface area contributed by atoms with Crippen LogP contribution in [0.5, 0.6) is 0 Å². The third-order valence-corrected chi connectivity index (χ3v) is 6.09. The molecule has 0 aromatic carbocycles. The molecule has 0 spiro atoms. The third-order valence-electron chi connectivity index (χ3n) is 3.17. The summed E-state index contributed by atoms with van der Waals surface area (Å²) in [4.78, 5) is 15.1. The summed E-state index contributed by atoms with van der Waals surface area (Å²) < 4.78 is 31.7. The van der Waals surface area contributed by atoms with Crippen LogP contribution in [0.4, 0.5) is 10.2 Å². The molecule has 2 N–H and O–H groups in total. The zero-order valence-electron chi connectivity index (χ0n) is 11.8. The fourth-order valence-electron chi connectivity index (χ4n) is 1.59. The standard InChI is InChI=1S/C12H21FN3O3P/c1-3-20(18,4-2)9-19-10(7-13)8-16-6-5-11(14)15-12(16)17/h5-6,10H,3-4,7-9H2,1-2H3,(H2,14,15,17)/t10-/m1/s1. The van der Waals surface area contributed by atoms with Crippen LogP contribution >= 0.6 is 7.14 Å². The molecule has 0 aliphatic heterocycles. The highest BCUT2D eigenvalue weighted by Gasteiger charge is 2.20. The fraction of sp³-hybridized carbons (Fsp3) is 0.667. The van der Waals surface area contributed by atoms with Gasteiger partial charge in [-0.25, -0.2) is 9.18 Å². The monoisotopic (exact) mass is 305 g/mol. The van der Waals surface area contributed by atoms with Crippen LogP contribution in [0, 0.1) is 0 Å². The van der Waals surface area contributed by atoms with Crippen LogP contribution in [0.2, 0.25) is 0 Å². The van der Waals surface area contributed by atoms with Gasteiger partial charge in [0.1, 0.15) is 32.1 Å². The summed E-state index contributed by atoms with van der Waals surface area (Å²) in [6, 6.07) is 1.46. The number of halogens is 1. The molecule has 6 nitrogen and oxygen atoms in total. The number of anilines is 1. The van der Waals surface area contributed by atoms with Gasteiger partial charge in [-0.1, -0.05) is 13.8 Å². The molecular formula is C12H21FN3O3P. The van der Waals surface area contributed by atoms with Gasteiger partial charge in [0.15, 0.2) is 0 Å². The number of nitrogens with two attached hydrogens (primary N) is 1. The molecular weight excluding hydrogens is 284 g/mol. The van der Waals surface area contributed by atoms with Gasteiger partial charge >= 0.3 is 5.69 Å². The molecule has 0 amide bonds. The van der Waals surface area contributed by atoms with E-state index in [-0.39, 0.29) is 18.7 Å². The molecule has 1 aromatic heterocycles. The van der Waals surface area contributed by atoms with Gasteiger partial charge in [-0.2, -0.15) is 4.98 Å². The summed E-state index contributed by atoms with van der Waals surface area (Å²) in [6.07, 6.45) is 1.70. The number of alkyl halides is 1. The van der Waals surface area contributed by atoms with E-state index in [9.17, 15) is 13.8 Å². The molecule has 0 aliphatic rings. The first-order valence-electron chi connectivity index (χ1n) is 6.51. The summed E-state index contributed by atoms with van der Waals surface area (Å²) >= 11 is 0. The summed E-state index contributed by atoms with van der Waals surface area (Å²) in [5, 5.41) is 0. The van der Waals surface area contributed by atoms with Crippen LogP contribution in [0.3, 0.4) is 0 Å². The van der Waals surface area contributed by atoms with E-state index in [1.54, 1.807) is 0 Å². The first-order chi connectivity index (χ1) is 9.44. The van der Waals surface area contributed by atoms with Crippen molar-refractivity contribution in [3.05, 3.63) is 22.7 Å². The Bertz CT molecular complexity index is 527. The average molecular weight is 305 g/mol. The predicted molar refractivity (Wildman–Crippen MR) is 77.3 cm³/mol. The van der Waals surface area contributed by atoms with Crippen LogP contribution in [0.1, 0.15) is 13.8 Å². The lowest BCUT2D eigenvalue weighted by atomic mass is 10.4.